The first-order chi connectivity index (χ1) is 14.0. The summed E-state index contributed by atoms with van der Waals surface area (Å²) < 4.78 is 17.3. The van der Waals surface area contributed by atoms with Crippen LogP contribution in [0.25, 0.3) is 11.0 Å². The van der Waals surface area contributed by atoms with Gasteiger partial charge in [-0.1, -0.05) is 17.7 Å². The molecule has 5 heteroatoms. The maximum Gasteiger partial charge on any atom is 0.311 e. The number of fused-ring (bicyclic) bond motifs is 4. The molecule has 2 fully saturated rings. The Morgan fingerprint density at radius 2 is 2.17 bits per heavy atom. The van der Waals surface area contributed by atoms with E-state index < -0.39 is 0 Å². The normalized spacial score (nSPS) is 36.1. The van der Waals surface area contributed by atoms with Crippen LogP contribution in [0.15, 0.2) is 46.6 Å². The molecule has 154 valence electrons. The van der Waals surface area contributed by atoms with Crippen molar-refractivity contribution in [2.75, 3.05) is 6.54 Å². The van der Waals surface area contributed by atoms with Gasteiger partial charge in [0.1, 0.15) is 17.8 Å². The number of rotatable bonds is 4. The number of carbonyl (C=O) groups excluding carboxylic acids is 1. The lowest BCUT2D eigenvalue weighted by molar-refractivity contribution is -0.144. The molecule has 1 aromatic heterocycles. The molecular formula is C24H29NO4. The molecule has 0 spiro atoms. The fraction of sp³-hybridized carbons (Fsp3) is 0.542. The predicted molar refractivity (Wildman–Crippen MR) is 110 cm³/mol. The van der Waals surface area contributed by atoms with Crippen molar-refractivity contribution in [2.24, 2.45) is 11.8 Å². The summed E-state index contributed by atoms with van der Waals surface area (Å²) in [6, 6.07) is 8.16. The third-order valence-corrected chi connectivity index (χ3v) is 6.95. The minimum atomic E-state index is -0.139. The number of hydrogen-bond donors (Lipinski definition) is 1. The van der Waals surface area contributed by atoms with Gasteiger partial charge in [-0.05, 0) is 63.3 Å². The van der Waals surface area contributed by atoms with Gasteiger partial charge in [-0.2, -0.15) is 0 Å². The van der Waals surface area contributed by atoms with Crippen molar-refractivity contribution in [1.29, 1.82) is 0 Å². The zero-order chi connectivity index (χ0) is 20.0. The Bertz CT molecular complexity index is 947. The summed E-state index contributed by atoms with van der Waals surface area (Å²) >= 11 is 0. The molecule has 0 bridgehead atoms. The number of nitrogens with one attached hydrogen (secondary N) is 1. The molecule has 1 N–H and O–H groups in total. The minimum absolute atomic E-state index is 0.0526. The molecule has 3 heterocycles. The van der Waals surface area contributed by atoms with E-state index in [0.29, 0.717) is 6.54 Å². The van der Waals surface area contributed by atoms with Crippen LogP contribution in [-0.2, 0) is 20.8 Å². The third kappa shape index (κ3) is 3.62. The summed E-state index contributed by atoms with van der Waals surface area (Å²) in [7, 11) is 0. The van der Waals surface area contributed by atoms with Crippen molar-refractivity contribution in [3.8, 4) is 0 Å². The molecule has 5 rings (SSSR count). The number of ether oxygens (including phenoxy) is 2. The second-order valence-electron chi connectivity index (χ2n) is 9.07. The quantitative estimate of drug-likeness (QED) is 0.473. The Labute approximate surface area is 171 Å². The summed E-state index contributed by atoms with van der Waals surface area (Å²) in [5, 5.41) is 4.59. The average molecular weight is 395 g/mol. The van der Waals surface area contributed by atoms with Gasteiger partial charge in [0.15, 0.2) is 0 Å². The van der Waals surface area contributed by atoms with Crippen LogP contribution >= 0.6 is 0 Å². The number of esters is 1. The van der Waals surface area contributed by atoms with E-state index in [1.165, 1.54) is 11.1 Å². The standard InChI is InChI=1S/C24H29NO4/c1-15-4-3-10-24(2)22(29-24)21-18(7-5-15)19(23(26)28-21)14-25-13-16-6-8-20-17(12-16)9-11-27-20/h4,6,8-9,11-12,18-19,21-22,25H,3,5,7,10,13-14H2,1-2H3/b15-4+/t18-,19-,21-,22-,24+/m0/s1. The zero-order valence-electron chi connectivity index (χ0n) is 17.1. The summed E-state index contributed by atoms with van der Waals surface area (Å²) in [5.41, 5.74) is 3.35. The van der Waals surface area contributed by atoms with Crippen LogP contribution in [0, 0.1) is 11.8 Å². The van der Waals surface area contributed by atoms with E-state index in [0.717, 1.165) is 43.2 Å². The molecule has 2 aliphatic heterocycles. The summed E-state index contributed by atoms with van der Waals surface area (Å²) in [5.74, 6) is 0.0227. The van der Waals surface area contributed by atoms with Gasteiger partial charge in [-0.25, -0.2) is 0 Å². The van der Waals surface area contributed by atoms with E-state index in [4.69, 9.17) is 13.9 Å². The van der Waals surface area contributed by atoms with Crippen LogP contribution in [0.1, 0.15) is 45.1 Å². The van der Waals surface area contributed by atoms with Crippen LogP contribution in [0.5, 0.6) is 0 Å². The van der Waals surface area contributed by atoms with Crippen molar-refractivity contribution < 1.29 is 18.7 Å². The van der Waals surface area contributed by atoms with Crippen molar-refractivity contribution in [3.63, 3.8) is 0 Å². The van der Waals surface area contributed by atoms with Crippen LogP contribution in [0.4, 0.5) is 0 Å². The van der Waals surface area contributed by atoms with E-state index in [1.54, 1.807) is 6.26 Å². The topological polar surface area (TPSA) is 64.0 Å². The lowest BCUT2D eigenvalue weighted by atomic mass is 9.80. The van der Waals surface area contributed by atoms with Gasteiger partial charge in [0.25, 0.3) is 0 Å². The van der Waals surface area contributed by atoms with Gasteiger partial charge in [0.2, 0.25) is 0 Å². The highest BCUT2D eigenvalue weighted by molar-refractivity contribution is 5.77. The maximum atomic E-state index is 12.7. The maximum absolute atomic E-state index is 12.7. The summed E-state index contributed by atoms with van der Waals surface area (Å²) in [6.45, 7) is 5.71. The van der Waals surface area contributed by atoms with Crippen molar-refractivity contribution in [1.82, 2.24) is 5.32 Å². The van der Waals surface area contributed by atoms with E-state index in [9.17, 15) is 4.79 Å². The third-order valence-electron chi connectivity index (χ3n) is 6.95. The van der Waals surface area contributed by atoms with Crippen LogP contribution in [-0.4, -0.2) is 30.3 Å². The van der Waals surface area contributed by atoms with E-state index in [1.807, 2.05) is 12.1 Å². The first-order valence-electron chi connectivity index (χ1n) is 10.7. The lowest BCUT2D eigenvalue weighted by Crippen LogP contribution is -2.34. The molecule has 1 aliphatic carbocycles. The summed E-state index contributed by atoms with van der Waals surface area (Å²) in [6.07, 6.45) is 8.02. The number of furan rings is 1. The van der Waals surface area contributed by atoms with E-state index in [-0.39, 0.29) is 35.6 Å². The Morgan fingerprint density at radius 3 is 3.07 bits per heavy atom. The number of allylic oxidation sites excluding steroid dienone is 2. The molecule has 0 saturated carbocycles. The second kappa shape index (κ2) is 7.29. The van der Waals surface area contributed by atoms with Gasteiger partial charge in [0.05, 0.1) is 17.8 Å². The molecule has 29 heavy (non-hydrogen) atoms. The van der Waals surface area contributed by atoms with Crippen LogP contribution in [0.3, 0.4) is 0 Å². The Morgan fingerprint density at radius 1 is 1.28 bits per heavy atom. The van der Waals surface area contributed by atoms with Gasteiger partial charge < -0.3 is 19.2 Å². The van der Waals surface area contributed by atoms with Gasteiger partial charge in [-0.15, -0.1) is 0 Å². The fourth-order valence-electron chi connectivity index (χ4n) is 5.07. The van der Waals surface area contributed by atoms with Crippen molar-refractivity contribution in [3.05, 3.63) is 47.7 Å². The Kier molecular flexibility index (Phi) is 4.75. The number of epoxide rings is 1. The molecule has 2 saturated heterocycles. The largest absolute Gasteiger partial charge is 0.464 e. The molecule has 5 atom stereocenters. The van der Waals surface area contributed by atoms with Crippen molar-refractivity contribution in [2.45, 2.75) is 63.9 Å². The SMILES string of the molecule is C/C1=C\CC[C@@]2(C)O[C@H]2[C@H]2OC(=O)[C@@H](CNCc3ccc4occc4c3)[C@@H]2CC1. The smallest absolute Gasteiger partial charge is 0.311 e. The monoisotopic (exact) mass is 395 g/mol. The second-order valence-corrected chi connectivity index (χ2v) is 9.07. The molecule has 2 aromatic rings. The highest BCUT2D eigenvalue weighted by atomic mass is 16.6. The van der Waals surface area contributed by atoms with Gasteiger partial charge >= 0.3 is 5.97 Å². The van der Waals surface area contributed by atoms with Crippen LogP contribution < -0.4 is 5.32 Å². The van der Waals surface area contributed by atoms with Gasteiger partial charge in [-0.3, -0.25) is 4.79 Å². The molecular weight excluding hydrogens is 366 g/mol. The molecule has 0 radical (unpaired) electrons. The number of carbonyl (C=O) groups is 1. The molecule has 3 aliphatic rings. The molecule has 5 nitrogen and oxygen atoms in total. The Hall–Kier alpha value is -2.11. The molecule has 0 amide bonds. The highest BCUT2D eigenvalue weighted by Gasteiger charge is 2.62. The molecule has 1 aromatic carbocycles. The zero-order valence-corrected chi connectivity index (χ0v) is 17.1. The van der Waals surface area contributed by atoms with E-state index >= 15 is 0 Å². The number of hydrogen-bond acceptors (Lipinski definition) is 5. The molecule has 0 unspecified atom stereocenters. The minimum Gasteiger partial charge on any atom is -0.464 e. The first-order valence-corrected chi connectivity index (χ1v) is 10.7. The Balaban J connectivity index is 1.27. The van der Waals surface area contributed by atoms with Gasteiger partial charge in [0, 0.05) is 24.4 Å². The predicted octanol–water partition coefficient (Wildman–Crippen LogP) is 4.36. The average Bonchev–Trinajstić information content (AvgIpc) is 3.01. The first kappa shape index (κ1) is 18.9. The fourth-order valence-corrected chi connectivity index (χ4v) is 5.07. The highest BCUT2D eigenvalue weighted by Crippen LogP contribution is 2.50. The van der Waals surface area contributed by atoms with Crippen LogP contribution in [0.2, 0.25) is 0 Å². The summed E-state index contributed by atoms with van der Waals surface area (Å²) in [4.78, 5) is 12.7. The number of benzene rings is 1. The van der Waals surface area contributed by atoms with E-state index in [2.05, 4.69) is 37.4 Å². The lowest BCUT2D eigenvalue weighted by Gasteiger charge is -2.22. The van der Waals surface area contributed by atoms with Crippen molar-refractivity contribution >= 4 is 16.9 Å².